The molecule has 0 aromatic heterocycles. The lowest BCUT2D eigenvalue weighted by Gasteiger charge is -2.35. The zero-order chi connectivity index (χ0) is 15.5. The standard InChI is InChI=1S/C14H17N3O4/c15-13(19)14(8-4-1-5-9-14)16-12(18)10-6-2-3-7-11(10)17(20)21/h2-3,6-7H,1,4-5,8-9H2,(H2,15,19)(H,16,18). The number of nitrogens with zero attached hydrogens (tertiary/aromatic N) is 1. The Bertz CT molecular complexity index is 579. The second kappa shape index (κ2) is 5.90. The maximum Gasteiger partial charge on any atom is 0.282 e. The second-order valence-corrected chi connectivity index (χ2v) is 5.24. The van der Waals surface area contributed by atoms with Crippen LogP contribution in [0.5, 0.6) is 0 Å². The molecular weight excluding hydrogens is 274 g/mol. The molecule has 1 aromatic carbocycles. The Labute approximate surface area is 121 Å². The summed E-state index contributed by atoms with van der Waals surface area (Å²) in [5.74, 6) is -1.22. The first-order valence-corrected chi connectivity index (χ1v) is 6.82. The summed E-state index contributed by atoms with van der Waals surface area (Å²) in [4.78, 5) is 34.4. The number of nitrogens with two attached hydrogens (primary N) is 1. The molecule has 0 saturated heterocycles. The van der Waals surface area contributed by atoms with Gasteiger partial charge in [0.2, 0.25) is 5.91 Å². The van der Waals surface area contributed by atoms with Crippen LogP contribution in [0.25, 0.3) is 0 Å². The van der Waals surface area contributed by atoms with Crippen LogP contribution in [0.1, 0.15) is 42.5 Å². The molecule has 3 N–H and O–H groups in total. The molecule has 0 radical (unpaired) electrons. The van der Waals surface area contributed by atoms with Crippen molar-refractivity contribution in [1.82, 2.24) is 5.32 Å². The second-order valence-electron chi connectivity index (χ2n) is 5.24. The van der Waals surface area contributed by atoms with Crippen LogP contribution in [0.2, 0.25) is 0 Å². The quantitative estimate of drug-likeness (QED) is 0.646. The smallest absolute Gasteiger partial charge is 0.282 e. The van der Waals surface area contributed by atoms with E-state index < -0.39 is 22.3 Å². The van der Waals surface area contributed by atoms with E-state index in [4.69, 9.17) is 5.73 Å². The number of nitrogens with one attached hydrogen (secondary N) is 1. The summed E-state index contributed by atoms with van der Waals surface area (Å²) < 4.78 is 0. The summed E-state index contributed by atoms with van der Waals surface area (Å²) in [6, 6.07) is 5.65. The van der Waals surface area contributed by atoms with Crippen LogP contribution in [0, 0.1) is 10.1 Å². The Morgan fingerprint density at radius 1 is 1.19 bits per heavy atom. The van der Waals surface area contributed by atoms with Gasteiger partial charge in [-0.25, -0.2) is 0 Å². The summed E-state index contributed by atoms with van der Waals surface area (Å²) >= 11 is 0. The Morgan fingerprint density at radius 3 is 2.38 bits per heavy atom. The predicted octanol–water partition coefficient (Wildman–Crippen LogP) is 1.51. The molecule has 1 aliphatic rings. The van der Waals surface area contributed by atoms with E-state index in [1.807, 2.05) is 0 Å². The summed E-state index contributed by atoms with van der Waals surface area (Å²) in [6.07, 6.45) is 3.50. The van der Waals surface area contributed by atoms with Crippen molar-refractivity contribution < 1.29 is 14.5 Å². The average molecular weight is 291 g/mol. The van der Waals surface area contributed by atoms with Crippen molar-refractivity contribution in [1.29, 1.82) is 0 Å². The van der Waals surface area contributed by atoms with Gasteiger partial charge in [-0.15, -0.1) is 0 Å². The van der Waals surface area contributed by atoms with Gasteiger partial charge >= 0.3 is 0 Å². The molecule has 7 heteroatoms. The van der Waals surface area contributed by atoms with Gasteiger partial charge in [-0.1, -0.05) is 31.4 Å². The number of hydrogen-bond donors (Lipinski definition) is 2. The van der Waals surface area contributed by atoms with Crippen LogP contribution in [0.4, 0.5) is 5.69 Å². The highest BCUT2D eigenvalue weighted by molar-refractivity contribution is 6.01. The maximum absolute atomic E-state index is 12.3. The van der Waals surface area contributed by atoms with Gasteiger partial charge in [0.25, 0.3) is 11.6 Å². The Balaban J connectivity index is 2.28. The highest BCUT2D eigenvalue weighted by Gasteiger charge is 2.40. The fourth-order valence-electron chi connectivity index (χ4n) is 2.70. The lowest BCUT2D eigenvalue weighted by atomic mass is 9.81. The topological polar surface area (TPSA) is 115 Å². The summed E-state index contributed by atoms with van der Waals surface area (Å²) in [5.41, 5.74) is 3.99. The molecule has 1 fully saturated rings. The van der Waals surface area contributed by atoms with Gasteiger partial charge in [-0.05, 0) is 18.9 Å². The highest BCUT2D eigenvalue weighted by atomic mass is 16.6. The Hall–Kier alpha value is -2.44. The van der Waals surface area contributed by atoms with Crippen LogP contribution in [0.15, 0.2) is 24.3 Å². The SMILES string of the molecule is NC(=O)C1(NC(=O)c2ccccc2[N+](=O)[O-])CCCCC1. The first kappa shape index (κ1) is 15.0. The van der Waals surface area contributed by atoms with Crippen molar-refractivity contribution in [3.05, 3.63) is 39.9 Å². The molecule has 7 nitrogen and oxygen atoms in total. The van der Waals surface area contributed by atoms with Crippen molar-refractivity contribution in [3.8, 4) is 0 Å². The van der Waals surface area contributed by atoms with Gasteiger partial charge in [-0.3, -0.25) is 19.7 Å². The van der Waals surface area contributed by atoms with E-state index >= 15 is 0 Å². The van der Waals surface area contributed by atoms with Gasteiger partial charge in [0, 0.05) is 6.07 Å². The largest absolute Gasteiger partial charge is 0.368 e. The van der Waals surface area contributed by atoms with E-state index in [9.17, 15) is 19.7 Å². The van der Waals surface area contributed by atoms with Gasteiger partial charge in [0.1, 0.15) is 11.1 Å². The van der Waals surface area contributed by atoms with Gasteiger partial charge in [-0.2, -0.15) is 0 Å². The van der Waals surface area contributed by atoms with Crippen molar-refractivity contribution in [2.24, 2.45) is 5.73 Å². The minimum absolute atomic E-state index is 0.0614. The number of primary amides is 1. The lowest BCUT2D eigenvalue weighted by Crippen LogP contribution is -2.58. The number of para-hydroxylation sites is 1. The summed E-state index contributed by atoms with van der Waals surface area (Å²) in [6.45, 7) is 0. The molecule has 21 heavy (non-hydrogen) atoms. The fraction of sp³-hybridized carbons (Fsp3) is 0.429. The third-order valence-corrected chi connectivity index (χ3v) is 3.88. The lowest BCUT2D eigenvalue weighted by molar-refractivity contribution is -0.385. The first-order chi connectivity index (χ1) is 9.96. The molecule has 0 atom stereocenters. The first-order valence-electron chi connectivity index (χ1n) is 6.82. The molecule has 2 amide bonds. The Morgan fingerprint density at radius 2 is 1.81 bits per heavy atom. The normalized spacial score (nSPS) is 17.0. The van der Waals surface area contributed by atoms with Crippen molar-refractivity contribution in [2.45, 2.75) is 37.6 Å². The molecule has 0 bridgehead atoms. The zero-order valence-electron chi connectivity index (χ0n) is 11.5. The fourth-order valence-corrected chi connectivity index (χ4v) is 2.70. The molecule has 1 saturated carbocycles. The van der Waals surface area contributed by atoms with Crippen LogP contribution in [-0.2, 0) is 4.79 Å². The molecule has 0 heterocycles. The summed E-state index contributed by atoms with van der Waals surface area (Å²) in [5, 5.41) is 13.6. The average Bonchev–Trinajstić information content (AvgIpc) is 2.48. The number of carbonyl (C=O) groups is 2. The molecule has 0 aliphatic heterocycles. The predicted molar refractivity (Wildman–Crippen MR) is 75.6 cm³/mol. The van der Waals surface area contributed by atoms with E-state index in [2.05, 4.69) is 5.32 Å². The van der Waals surface area contributed by atoms with Crippen LogP contribution >= 0.6 is 0 Å². The number of rotatable bonds is 4. The number of hydrogen-bond acceptors (Lipinski definition) is 4. The Kier molecular flexibility index (Phi) is 4.21. The van der Waals surface area contributed by atoms with Gasteiger partial charge in [0.15, 0.2) is 0 Å². The zero-order valence-corrected chi connectivity index (χ0v) is 11.5. The molecule has 112 valence electrons. The number of nitro groups is 1. The van der Waals surface area contributed by atoms with Crippen LogP contribution in [-0.4, -0.2) is 22.3 Å². The summed E-state index contributed by atoms with van der Waals surface area (Å²) in [7, 11) is 0. The number of amides is 2. The monoisotopic (exact) mass is 291 g/mol. The highest BCUT2D eigenvalue weighted by Crippen LogP contribution is 2.29. The molecule has 2 rings (SSSR count). The minimum Gasteiger partial charge on any atom is -0.368 e. The van der Waals surface area contributed by atoms with Gasteiger partial charge < -0.3 is 11.1 Å². The number of benzene rings is 1. The number of nitro benzene ring substituents is 1. The molecular formula is C14H17N3O4. The van der Waals surface area contributed by atoms with E-state index in [0.717, 1.165) is 19.3 Å². The van der Waals surface area contributed by atoms with Crippen LogP contribution < -0.4 is 11.1 Å². The van der Waals surface area contributed by atoms with Crippen molar-refractivity contribution in [3.63, 3.8) is 0 Å². The maximum atomic E-state index is 12.3. The third kappa shape index (κ3) is 3.01. The van der Waals surface area contributed by atoms with E-state index in [-0.39, 0.29) is 11.3 Å². The minimum atomic E-state index is -1.10. The van der Waals surface area contributed by atoms with Gasteiger partial charge in [0.05, 0.1) is 4.92 Å². The van der Waals surface area contributed by atoms with Crippen molar-refractivity contribution >= 4 is 17.5 Å². The van der Waals surface area contributed by atoms with E-state index in [0.29, 0.717) is 12.8 Å². The molecule has 0 unspecified atom stereocenters. The van der Waals surface area contributed by atoms with E-state index in [1.165, 1.54) is 18.2 Å². The molecule has 1 aliphatic carbocycles. The van der Waals surface area contributed by atoms with Crippen LogP contribution in [0.3, 0.4) is 0 Å². The molecule has 0 spiro atoms. The van der Waals surface area contributed by atoms with E-state index in [1.54, 1.807) is 6.07 Å². The number of carbonyl (C=O) groups excluding carboxylic acids is 2. The molecule has 1 aromatic rings. The third-order valence-electron chi connectivity index (χ3n) is 3.88. The van der Waals surface area contributed by atoms with Crippen molar-refractivity contribution in [2.75, 3.05) is 0 Å².